The van der Waals surface area contributed by atoms with Crippen molar-refractivity contribution in [3.63, 3.8) is 0 Å². The predicted octanol–water partition coefficient (Wildman–Crippen LogP) is 6.92. The highest BCUT2D eigenvalue weighted by molar-refractivity contribution is 5.93. The molecule has 0 aliphatic rings. The zero-order chi connectivity index (χ0) is 25.0. The number of hydrogen-bond acceptors (Lipinski definition) is 2. The van der Waals surface area contributed by atoms with Gasteiger partial charge in [-0.25, -0.2) is 4.39 Å². The summed E-state index contributed by atoms with van der Waals surface area (Å²) in [5.74, 6) is 0.361. The second-order valence-electron chi connectivity index (χ2n) is 7.84. The van der Waals surface area contributed by atoms with Gasteiger partial charge in [-0.2, -0.15) is 13.2 Å². The minimum atomic E-state index is -4.43. The van der Waals surface area contributed by atoms with Crippen molar-refractivity contribution in [1.29, 1.82) is 0 Å². The number of hydrogen-bond donors (Lipinski definition) is 1. The Morgan fingerprint density at radius 1 is 0.943 bits per heavy atom. The van der Waals surface area contributed by atoms with E-state index < -0.39 is 11.7 Å². The molecular weight excluding hydrogens is 460 g/mol. The van der Waals surface area contributed by atoms with Crippen molar-refractivity contribution in [3.05, 3.63) is 113 Å². The minimum Gasteiger partial charge on any atom is -0.457 e. The summed E-state index contributed by atoms with van der Waals surface area (Å²) in [4.78, 5) is 12.9. The number of amides is 1. The van der Waals surface area contributed by atoms with Gasteiger partial charge in [0.15, 0.2) is 0 Å². The Kier molecular flexibility index (Phi) is 6.91. The first kappa shape index (κ1) is 24.1. The molecule has 0 saturated carbocycles. The van der Waals surface area contributed by atoms with E-state index in [-0.39, 0.29) is 18.3 Å². The Balaban J connectivity index is 1.44. The van der Waals surface area contributed by atoms with Crippen LogP contribution >= 0.6 is 0 Å². The largest absolute Gasteiger partial charge is 0.457 e. The maximum absolute atomic E-state index is 13.1. The Morgan fingerprint density at radius 3 is 2.23 bits per heavy atom. The smallest absolute Gasteiger partial charge is 0.416 e. The van der Waals surface area contributed by atoms with Gasteiger partial charge in [0.25, 0.3) is 5.91 Å². The Hall–Kier alpha value is -4.07. The molecule has 0 radical (unpaired) electrons. The van der Waals surface area contributed by atoms with Gasteiger partial charge in [-0.05, 0) is 84.3 Å². The molecule has 4 rings (SSSR count). The van der Waals surface area contributed by atoms with Crippen molar-refractivity contribution in [2.45, 2.75) is 26.1 Å². The van der Waals surface area contributed by atoms with Crippen molar-refractivity contribution in [1.82, 2.24) is 9.88 Å². The van der Waals surface area contributed by atoms with Gasteiger partial charge in [0.2, 0.25) is 0 Å². The predicted molar refractivity (Wildman–Crippen MR) is 124 cm³/mol. The topological polar surface area (TPSA) is 43.3 Å². The maximum atomic E-state index is 13.1. The molecule has 0 aliphatic carbocycles. The van der Waals surface area contributed by atoms with Gasteiger partial charge in [-0.15, -0.1) is 0 Å². The zero-order valence-electron chi connectivity index (χ0n) is 18.8. The van der Waals surface area contributed by atoms with Crippen LogP contribution in [0.1, 0.15) is 34.1 Å². The van der Waals surface area contributed by atoms with Gasteiger partial charge < -0.3 is 14.6 Å². The summed E-state index contributed by atoms with van der Waals surface area (Å²) >= 11 is 0. The van der Waals surface area contributed by atoms with Crippen molar-refractivity contribution in [2.24, 2.45) is 0 Å². The first-order chi connectivity index (χ1) is 16.7. The second kappa shape index (κ2) is 10.0. The molecule has 0 atom stereocenters. The van der Waals surface area contributed by atoms with Gasteiger partial charge in [-0.1, -0.05) is 19.1 Å². The molecule has 1 N–H and O–H groups in total. The number of nitrogens with one attached hydrogen (secondary N) is 1. The van der Waals surface area contributed by atoms with E-state index in [1.54, 1.807) is 54.1 Å². The molecular formula is C27H22F4N2O2. The van der Waals surface area contributed by atoms with Gasteiger partial charge in [0.05, 0.1) is 5.56 Å². The van der Waals surface area contributed by atoms with Crippen LogP contribution in [-0.4, -0.2) is 10.5 Å². The third-order valence-electron chi connectivity index (χ3n) is 5.45. The molecule has 35 heavy (non-hydrogen) atoms. The third kappa shape index (κ3) is 5.71. The number of nitrogens with zero attached hydrogens (tertiary/aromatic N) is 1. The monoisotopic (exact) mass is 482 g/mol. The SMILES string of the molecule is CCc1cc(C(F)(F)F)ccc1-n1cccc1C(=O)NCc1ccc(Oc2ccc(F)cc2)cc1. The molecule has 0 unspecified atom stereocenters. The van der Waals surface area contributed by atoms with Crippen molar-refractivity contribution < 1.29 is 27.1 Å². The Labute approximate surface area is 199 Å². The van der Waals surface area contributed by atoms with Crippen LogP contribution in [0.3, 0.4) is 0 Å². The van der Waals surface area contributed by atoms with Crippen molar-refractivity contribution in [2.75, 3.05) is 0 Å². The summed E-state index contributed by atoms with van der Waals surface area (Å²) in [6.45, 7) is 2.01. The van der Waals surface area contributed by atoms with Gasteiger partial charge in [-0.3, -0.25) is 4.79 Å². The first-order valence-electron chi connectivity index (χ1n) is 10.9. The molecule has 3 aromatic carbocycles. The molecule has 0 bridgehead atoms. The molecule has 1 amide bonds. The zero-order valence-corrected chi connectivity index (χ0v) is 18.8. The summed E-state index contributed by atoms with van der Waals surface area (Å²) in [5, 5.41) is 2.84. The molecule has 0 saturated heterocycles. The van der Waals surface area contributed by atoms with Crippen LogP contribution in [0.25, 0.3) is 5.69 Å². The quantitative estimate of drug-likeness (QED) is 0.291. The molecule has 4 aromatic rings. The summed E-state index contributed by atoms with van der Waals surface area (Å²) in [5.41, 5.74) is 1.44. The molecule has 0 spiro atoms. The fourth-order valence-electron chi connectivity index (χ4n) is 3.64. The second-order valence-corrected chi connectivity index (χ2v) is 7.84. The number of alkyl halides is 3. The lowest BCUT2D eigenvalue weighted by atomic mass is 10.1. The highest BCUT2D eigenvalue weighted by atomic mass is 19.4. The van der Waals surface area contributed by atoms with E-state index in [1.807, 2.05) is 0 Å². The van der Waals surface area contributed by atoms with Gasteiger partial charge in [0, 0.05) is 18.4 Å². The third-order valence-corrected chi connectivity index (χ3v) is 5.45. The highest BCUT2D eigenvalue weighted by Gasteiger charge is 2.31. The van der Waals surface area contributed by atoms with Crippen LogP contribution in [-0.2, 0) is 19.1 Å². The van der Waals surface area contributed by atoms with E-state index in [0.29, 0.717) is 34.9 Å². The van der Waals surface area contributed by atoms with Crippen LogP contribution in [0.2, 0.25) is 0 Å². The van der Waals surface area contributed by atoms with E-state index in [2.05, 4.69) is 5.32 Å². The molecule has 1 aromatic heterocycles. The number of aromatic nitrogens is 1. The van der Waals surface area contributed by atoms with Gasteiger partial charge in [0.1, 0.15) is 23.0 Å². The highest BCUT2D eigenvalue weighted by Crippen LogP contribution is 2.32. The summed E-state index contributed by atoms with van der Waals surface area (Å²) in [7, 11) is 0. The van der Waals surface area contributed by atoms with Crippen LogP contribution < -0.4 is 10.1 Å². The van der Waals surface area contributed by atoms with E-state index in [4.69, 9.17) is 4.74 Å². The van der Waals surface area contributed by atoms with E-state index in [1.165, 1.54) is 30.3 Å². The average Bonchev–Trinajstić information content (AvgIpc) is 3.34. The summed E-state index contributed by atoms with van der Waals surface area (Å²) < 4.78 is 59.6. The number of carbonyl (C=O) groups excluding carboxylic acids is 1. The van der Waals surface area contributed by atoms with E-state index >= 15 is 0 Å². The maximum Gasteiger partial charge on any atom is 0.416 e. The lowest BCUT2D eigenvalue weighted by Crippen LogP contribution is -2.25. The summed E-state index contributed by atoms with van der Waals surface area (Å²) in [6, 6.07) is 19.6. The molecule has 8 heteroatoms. The Bertz CT molecular complexity index is 1310. The lowest BCUT2D eigenvalue weighted by molar-refractivity contribution is -0.137. The van der Waals surface area contributed by atoms with E-state index in [0.717, 1.165) is 17.7 Å². The van der Waals surface area contributed by atoms with Crippen LogP contribution in [0, 0.1) is 5.82 Å². The number of rotatable bonds is 7. The van der Waals surface area contributed by atoms with Crippen LogP contribution in [0.5, 0.6) is 11.5 Å². The first-order valence-corrected chi connectivity index (χ1v) is 10.9. The molecule has 0 aliphatic heterocycles. The van der Waals surface area contributed by atoms with Crippen molar-refractivity contribution >= 4 is 5.91 Å². The summed E-state index contributed by atoms with van der Waals surface area (Å²) in [6.07, 6.45) is -2.40. The number of aryl methyl sites for hydroxylation is 1. The molecule has 0 fully saturated rings. The number of benzene rings is 3. The molecule has 180 valence electrons. The van der Waals surface area contributed by atoms with Crippen LogP contribution in [0.4, 0.5) is 17.6 Å². The average molecular weight is 482 g/mol. The number of ether oxygens (including phenoxy) is 1. The number of carbonyl (C=O) groups is 1. The normalized spacial score (nSPS) is 11.3. The molecule has 4 nitrogen and oxygen atoms in total. The van der Waals surface area contributed by atoms with Crippen molar-refractivity contribution in [3.8, 4) is 17.2 Å². The molecule has 1 heterocycles. The van der Waals surface area contributed by atoms with Crippen LogP contribution in [0.15, 0.2) is 85.1 Å². The van der Waals surface area contributed by atoms with Gasteiger partial charge >= 0.3 is 6.18 Å². The fraction of sp³-hybridized carbons (Fsp3) is 0.148. The minimum absolute atomic E-state index is 0.245. The number of halogens is 4. The standard InChI is InChI=1S/C27H22F4N2O2/c1-2-19-16-20(27(29,30)31)7-14-24(19)33-15-3-4-25(33)26(34)32-17-18-5-10-22(11-6-18)35-23-12-8-21(28)9-13-23/h3-16H,2,17H2,1H3,(H,32,34). The Morgan fingerprint density at radius 2 is 1.60 bits per heavy atom. The fourth-order valence-corrected chi connectivity index (χ4v) is 3.64. The lowest BCUT2D eigenvalue weighted by Gasteiger charge is -2.16. The van der Waals surface area contributed by atoms with E-state index in [9.17, 15) is 22.4 Å².